The third-order valence-electron chi connectivity index (χ3n) is 3.43. The Morgan fingerprint density at radius 2 is 2.23 bits per heavy atom. The molecule has 2 atom stereocenters. The van der Waals surface area contributed by atoms with Crippen molar-refractivity contribution in [1.29, 1.82) is 0 Å². The van der Waals surface area contributed by atoms with Gasteiger partial charge in [-0.25, -0.2) is 0 Å². The van der Waals surface area contributed by atoms with Gasteiger partial charge in [0.25, 0.3) is 0 Å². The van der Waals surface area contributed by atoms with Crippen LogP contribution in [0.1, 0.15) is 32.1 Å². The van der Waals surface area contributed by atoms with Crippen LogP contribution in [0.15, 0.2) is 0 Å². The van der Waals surface area contributed by atoms with Crippen molar-refractivity contribution in [3.8, 4) is 0 Å². The number of rotatable bonds is 4. The lowest BCUT2D eigenvalue weighted by Gasteiger charge is -2.17. The van der Waals surface area contributed by atoms with Crippen molar-refractivity contribution in [2.45, 2.75) is 48.9 Å². The van der Waals surface area contributed by atoms with Crippen LogP contribution < -0.4 is 11.1 Å². The van der Waals surface area contributed by atoms with Crippen molar-refractivity contribution in [2.24, 2.45) is 5.73 Å². The molecule has 2 fully saturated rings. The summed E-state index contributed by atoms with van der Waals surface area (Å²) in [7, 11) is 0. The van der Waals surface area contributed by atoms with Crippen LogP contribution in [-0.2, 0) is 0 Å². The molecule has 0 spiro atoms. The number of hydrogen-bond acceptors (Lipinski definition) is 3. The summed E-state index contributed by atoms with van der Waals surface area (Å²) >= 11 is 2.03. The Kier molecular flexibility index (Phi) is 2.86. The summed E-state index contributed by atoms with van der Waals surface area (Å²) < 4.78 is 0.604. The number of thioether (sulfide) groups is 1. The maximum absolute atomic E-state index is 5.87. The Balaban J connectivity index is 1.68. The van der Waals surface area contributed by atoms with Gasteiger partial charge >= 0.3 is 0 Å². The SMILES string of the molecule is CSC1(CNC2CCC(N)C2)CC1. The minimum Gasteiger partial charge on any atom is -0.328 e. The molecule has 0 aromatic carbocycles. The van der Waals surface area contributed by atoms with Crippen LogP contribution in [0.2, 0.25) is 0 Å². The fourth-order valence-electron chi connectivity index (χ4n) is 2.12. The predicted molar refractivity (Wildman–Crippen MR) is 59.1 cm³/mol. The van der Waals surface area contributed by atoms with E-state index in [1.54, 1.807) is 0 Å². The quantitative estimate of drug-likeness (QED) is 0.719. The molecular weight excluding hydrogens is 180 g/mol. The van der Waals surface area contributed by atoms with Gasteiger partial charge in [-0.2, -0.15) is 11.8 Å². The van der Waals surface area contributed by atoms with Gasteiger partial charge < -0.3 is 11.1 Å². The van der Waals surface area contributed by atoms with Gasteiger partial charge in [-0.1, -0.05) is 0 Å². The van der Waals surface area contributed by atoms with Crippen molar-refractivity contribution < 1.29 is 0 Å². The zero-order valence-corrected chi connectivity index (χ0v) is 9.20. The van der Waals surface area contributed by atoms with Crippen molar-refractivity contribution in [1.82, 2.24) is 5.32 Å². The molecule has 2 aliphatic carbocycles. The van der Waals surface area contributed by atoms with Gasteiger partial charge in [0.05, 0.1) is 0 Å². The zero-order chi connectivity index (χ0) is 9.31. The van der Waals surface area contributed by atoms with Crippen molar-refractivity contribution in [2.75, 3.05) is 12.8 Å². The van der Waals surface area contributed by atoms with Gasteiger partial charge in [0, 0.05) is 23.4 Å². The average molecular weight is 200 g/mol. The molecule has 2 aliphatic rings. The lowest BCUT2D eigenvalue weighted by atomic mass is 10.2. The smallest absolute Gasteiger partial charge is 0.0282 e. The first-order chi connectivity index (χ1) is 6.24. The van der Waals surface area contributed by atoms with Gasteiger partial charge in [-0.05, 0) is 38.4 Å². The highest BCUT2D eigenvalue weighted by Gasteiger charge is 2.42. The lowest BCUT2D eigenvalue weighted by molar-refractivity contribution is 0.511. The Bertz CT molecular complexity index is 180. The summed E-state index contributed by atoms with van der Waals surface area (Å²) in [5, 5.41) is 3.66. The fourth-order valence-corrected chi connectivity index (χ4v) is 2.86. The molecule has 0 aromatic rings. The van der Waals surface area contributed by atoms with E-state index in [9.17, 15) is 0 Å². The summed E-state index contributed by atoms with van der Waals surface area (Å²) in [6.07, 6.45) is 8.72. The minimum absolute atomic E-state index is 0.460. The standard InChI is InChI=1S/C10H20N2S/c1-13-10(4-5-10)7-12-9-3-2-8(11)6-9/h8-9,12H,2-7,11H2,1H3. The summed E-state index contributed by atoms with van der Waals surface area (Å²) in [4.78, 5) is 0. The van der Waals surface area contributed by atoms with Crippen LogP contribution in [0.5, 0.6) is 0 Å². The second-order valence-electron chi connectivity index (χ2n) is 4.54. The van der Waals surface area contributed by atoms with E-state index >= 15 is 0 Å². The Hall–Kier alpha value is 0.270. The van der Waals surface area contributed by atoms with Crippen molar-refractivity contribution in [3.05, 3.63) is 0 Å². The van der Waals surface area contributed by atoms with E-state index in [1.165, 1.54) is 38.6 Å². The lowest BCUT2D eigenvalue weighted by Crippen LogP contribution is -2.34. The Morgan fingerprint density at radius 3 is 2.69 bits per heavy atom. The molecule has 2 nitrogen and oxygen atoms in total. The molecule has 0 radical (unpaired) electrons. The summed E-state index contributed by atoms with van der Waals surface area (Å²) in [5.41, 5.74) is 5.87. The molecule has 2 unspecified atom stereocenters. The van der Waals surface area contributed by atoms with Crippen molar-refractivity contribution in [3.63, 3.8) is 0 Å². The van der Waals surface area contributed by atoms with Crippen LogP contribution in [0, 0.1) is 0 Å². The summed E-state index contributed by atoms with van der Waals surface area (Å²) in [6, 6.07) is 1.17. The van der Waals surface area contributed by atoms with E-state index in [2.05, 4.69) is 11.6 Å². The van der Waals surface area contributed by atoms with E-state index in [1.807, 2.05) is 11.8 Å². The zero-order valence-electron chi connectivity index (χ0n) is 8.38. The van der Waals surface area contributed by atoms with E-state index in [0.29, 0.717) is 16.8 Å². The maximum Gasteiger partial charge on any atom is 0.0282 e. The Labute approximate surface area is 85.0 Å². The third-order valence-corrected chi connectivity index (χ3v) is 4.85. The predicted octanol–water partition coefficient (Wildman–Crippen LogP) is 1.35. The molecule has 2 rings (SSSR count). The van der Waals surface area contributed by atoms with E-state index in [0.717, 1.165) is 0 Å². The molecule has 0 saturated heterocycles. The first-order valence-electron chi connectivity index (χ1n) is 5.28. The largest absolute Gasteiger partial charge is 0.328 e. The second kappa shape index (κ2) is 3.79. The molecule has 2 saturated carbocycles. The molecule has 0 heterocycles. The molecule has 3 N–H and O–H groups in total. The van der Waals surface area contributed by atoms with Crippen LogP contribution >= 0.6 is 11.8 Å². The first-order valence-corrected chi connectivity index (χ1v) is 6.51. The molecule has 76 valence electrons. The molecule has 0 amide bonds. The van der Waals surface area contributed by atoms with Crippen LogP contribution in [0.4, 0.5) is 0 Å². The molecule has 0 aromatic heterocycles. The van der Waals surface area contributed by atoms with Gasteiger partial charge in [0.2, 0.25) is 0 Å². The summed E-state index contributed by atoms with van der Waals surface area (Å²) in [5.74, 6) is 0. The van der Waals surface area contributed by atoms with Crippen LogP contribution in [0.25, 0.3) is 0 Å². The number of nitrogens with two attached hydrogens (primary N) is 1. The fraction of sp³-hybridized carbons (Fsp3) is 1.00. The van der Waals surface area contributed by atoms with Crippen LogP contribution in [-0.4, -0.2) is 29.6 Å². The third kappa shape index (κ3) is 2.39. The molecule has 0 aliphatic heterocycles. The molecule has 13 heavy (non-hydrogen) atoms. The molecule has 0 bridgehead atoms. The monoisotopic (exact) mass is 200 g/mol. The number of hydrogen-bond donors (Lipinski definition) is 2. The van der Waals surface area contributed by atoms with Gasteiger partial charge in [-0.15, -0.1) is 0 Å². The highest BCUT2D eigenvalue weighted by atomic mass is 32.2. The number of nitrogens with one attached hydrogen (secondary N) is 1. The molecular formula is C10H20N2S. The molecule has 3 heteroatoms. The maximum atomic E-state index is 5.87. The normalized spacial score (nSPS) is 36.5. The van der Waals surface area contributed by atoms with Gasteiger partial charge in [0.1, 0.15) is 0 Å². The average Bonchev–Trinajstić information content (AvgIpc) is 2.81. The van der Waals surface area contributed by atoms with Gasteiger partial charge in [0.15, 0.2) is 0 Å². The second-order valence-corrected chi connectivity index (χ2v) is 5.81. The van der Waals surface area contributed by atoms with Crippen molar-refractivity contribution >= 4 is 11.8 Å². The first kappa shape index (κ1) is 9.81. The summed E-state index contributed by atoms with van der Waals surface area (Å²) in [6.45, 7) is 1.20. The van der Waals surface area contributed by atoms with E-state index in [4.69, 9.17) is 5.73 Å². The topological polar surface area (TPSA) is 38.0 Å². The minimum atomic E-state index is 0.460. The van der Waals surface area contributed by atoms with E-state index < -0.39 is 0 Å². The van der Waals surface area contributed by atoms with E-state index in [-0.39, 0.29) is 0 Å². The highest BCUT2D eigenvalue weighted by Crippen LogP contribution is 2.46. The Morgan fingerprint density at radius 1 is 1.46 bits per heavy atom. The van der Waals surface area contributed by atoms with Crippen LogP contribution in [0.3, 0.4) is 0 Å². The van der Waals surface area contributed by atoms with Gasteiger partial charge in [-0.3, -0.25) is 0 Å². The highest BCUT2D eigenvalue weighted by molar-refractivity contribution is 8.00.